The van der Waals surface area contributed by atoms with Crippen molar-refractivity contribution in [3.8, 4) is 0 Å². The van der Waals surface area contributed by atoms with Gasteiger partial charge in [0.25, 0.3) is 0 Å². The molecule has 0 spiro atoms. The number of aliphatic carboxylic acids is 1. The topological polar surface area (TPSA) is 52.6 Å². The van der Waals surface area contributed by atoms with E-state index in [1.165, 1.54) is 30.5 Å². The largest absolute Gasteiger partial charge is 0.481 e. The predicted molar refractivity (Wildman–Crippen MR) is 86.7 cm³/mol. The van der Waals surface area contributed by atoms with Gasteiger partial charge in [0.05, 0.1) is 11.6 Å². The van der Waals surface area contributed by atoms with Gasteiger partial charge in [-0.05, 0) is 59.3 Å². The van der Waals surface area contributed by atoms with E-state index in [1.807, 2.05) is 0 Å². The number of halogens is 1. The Hall–Kier alpha value is -1.07. The van der Waals surface area contributed by atoms with Crippen LogP contribution in [0.15, 0.2) is 22.7 Å². The Morgan fingerprint density at radius 3 is 2.67 bits per heavy atom. The van der Waals surface area contributed by atoms with Gasteiger partial charge < -0.3 is 15.3 Å². The highest BCUT2D eigenvalue weighted by atomic mass is 79.9. The molecule has 0 saturated carbocycles. The zero-order chi connectivity index (χ0) is 14.8. The second-order valence-electron chi connectivity index (χ2n) is 5.99. The Morgan fingerprint density at radius 1 is 1.29 bits per heavy atom. The number of nitrogens with one attached hydrogen (secondary N) is 1. The first kappa shape index (κ1) is 14.9. The van der Waals surface area contributed by atoms with Gasteiger partial charge in [0.2, 0.25) is 0 Å². The Balaban J connectivity index is 1.73. The number of carboxylic acid groups (broad SMARTS) is 1. The maximum Gasteiger partial charge on any atom is 0.307 e. The van der Waals surface area contributed by atoms with Crippen LogP contribution in [-0.4, -0.2) is 30.7 Å². The van der Waals surface area contributed by atoms with Crippen molar-refractivity contribution >= 4 is 27.6 Å². The van der Waals surface area contributed by atoms with E-state index in [9.17, 15) is 4.79 Å². The third kappa shape index (κ3) is 3.24. The lowest BCUT2D eigenvalue weighted by atomic mass is 9.99. The fraction of sp³-hybridized carbons (Fsp3) is 0.562. The first-order valence-corrected chi connectivity index (χ1v) is 8.45. The molecule has 2 heterocycles. The highest BCUT2D eigenvalue weighted by Crippen LogP contribution is 2.34. The molecule has 0 aromatic heterocycles. The summed E-state index contributed by atoms with van der Waals surface area (Å²) in [5.41, 5.74) is 2.43. The van der Waals surface area contributed by atoms with Crippen LogP contribution in [0.1, 0.15) is 37.3 Å². The van der Waals surface area contributed by atoms with Crippen LogP contribution < -0.4 is 10.2 Å². The summed E-state index contributed by atoms with van der Waals surface area (Å²) >= 11 is 3.69. The third-order valence-corrected chi connectivity index (χ3v) is 5.19. The molecule has 114 valence electrons. The lowest BCUT2D eigenvalue weighted by molar-refractivity contribution is -0.141. The minimum absolute atomic E-state index is 0.151. The van der Waals surface area contributed by atoms with Crippen molar-refractivity contribution in [2.75, 3.05) is 24.5 Å². The van der Waals surface area contributed by atoms with E-state index >= 15 is 0 Å². The first-order chi connectivity index (χ1) is 10.1. The Labute approximate surface area is 133 Å². The SMILES string of the molecule is O=C(O)C1CNC(c2ccc(N3CCCCC3)c(Br)c2)C1. The van der Waals surface area contributed by atoms with Gasteiger partial charge in [-0.2, -0.15) is 0 Å². The van der Waals surface area contributed by atoms with Crippen molar-refractivity contribution in [3.05, 3.63) is 28.2 Å². The fourth-order valence-electron chi connectivity index (χ4n) is 3.31. The highest BCUT2D eigenvalue weighted by Gasteiger charge is 2.30. The molecule has 2 atom stereocenters. The number of nitrogens with zero attached hydrogens (tertiary/aromatic N) is 1. The van der Waals surface area contributed by atoms with Crippen LogP contribution in [0.25, 0.3) is 0 Å². The number of hydrogen-bond acceptors (Lipinski definition) is 3. The number of hydrogen-bond donors (Lipinski definition) is 2. The van der Waals surface area contributed by atoms with Crippen molar-refractivity contribution in [3.63, 3.8) is 0 Å². The molecule has 2 aliphatic heterocycles. The summed E-state index contributed by atoms with van der Waals surface area (Å²) in [5.74, 6) is -0.968. The normalized spacial score (nSPS) is 26.0. The summed E-state index contributed by atoms with van der Waals surface area (Å²) in [4.78, 5) is 13.5. The summed E-state index contributed by atoms with van der Waals surface area (Å²) in [6.07, 6.45) is 4.52. The number of piperidine rings is 1. The average molecular weight is 353 g/mol. The van der Waals surface area contributed by atoms with Crippen LogP contribution in [0.4, 0.5) is 5.69 Å². The maximum atomic E-state index is 11.1. The zero-order valence-electron chi connectivity index (χ0n) is 12.0. The molecule has 0 amide bonds. The van der Waals surface area contributed by atoms with Crippen molar-refractivity contribution in [2.45, 2.75) is 31.7 Å². The van der Waals surface area contributed by atoms with Gasteiger partial charge in [0.1, 0.15) is 0 Å². The number of carboxylic acids is 1. The molecule has 21 heavy (non-hydrogen) atoms. The van der Waals surface area contributed by atoms with Crippen molar-refractivity contribution in [1.82, 2.24) is 5.32 Å². The number of rotatable bonds is 3. The summed E-state index contributed by atoms with van der Waals surface area (Å²) in [7, 11) is 0. The molecule has 2 saturated heterocycles. The van der Waals surface area contributed by atoms with Gasteiger partial charge in [-0.25, -0.2) is 0 Å². The maximum absolute atomic E-state index is 11.1. The van der Waals surface area contributed by atoms with E-state index in [-0.39, 0.29) is 12.0 Å². The standard InChI is InChI=1S/C16H21BrN2O2/c17-13-8-11(14-9-12(10-18-14)16(20)21)4-5-15(13)19-6-2-1-3-7-19/h4-5,8,12,14,18H,1-3,6-7,9-10H2,(H,20,21). The molecule has 0 aliphatic carbocycles. The second-order valence-corrected chi connectivity index (χ2v) is 6.84. The molecule has 3 rings (SSSR count). The summed E-state index contributed by atoms with van der Waals surface area (Å²) in [5, 5.41) is 12.4. The van der Waals surface area contributed by atoms with Crippen LogP contribution in [0, 0.1) is 5.92 Å². The molecule has 4 nitrogen and oxygen atoms in total. The van der Waals surface area contributed by atoms with E-state index in [4.69, 9.17) is 5.11 Å². The average Bonchev–Trinajstić information content (AvgIpc) is 2.98. The molecule has 2 aliphatic rings. The molecule has 1 aromatic rings. The Morgan fingerprint density at radius 2 is 2.05 bits per heavy atom. The minimum Gasteiger partial charge on any atom is -0.481 e. The van der Waals surface area contributed by atoms with Gasteiger partial charge in [0, 0.05) is 30.1 Å². The predicted octanol–water partition coefficient (Wildman–Crippen LogP) is 3.17. The lowest BCUT2D eigenvalue weighted by Crippen LogP contribution is -2.29. The molecular weight excluding hydrogens is 332 g/mol. The number of benzene rings is 1. The lowest BCUT2D eigenvalue weighted by Gasteiger charge is -2.30. The highest BCUT2D eigenvalue weighted by molar-refractivity contribution is 9.10. The Bertz CT molecular complexity index is 529. The van der Waals surface area contributed by atoms with Crippen LogP contribution in [0.2, 0.25) is 0 Å². The third-order valence-electron chi connectivity index (χ3n) is 4.55. The molecule has 2 fully saturated rings. The van der Waals surface area contributed by atoms with Crippen LogP contribution in [0.3, 0.4) is 0 Å². The van der Waals surface area contributed by atoms with Crippen LogP contribution in [-0.2, 0) is 4.79 Å². The molecule has 0 radical (unpaired) electrons. The van der Waals surface area contributed by atoms with Crippen molar-refractivity contribution in [2.24, 2.45) is 5.92 Å². The van der Waals surface area contributed by atoms with E-state index in [1.54, 1.807) is 0 Å². The van der Waals surface area contributed by atoms with E-state index in [2.05, 4.69) is 44.3 Å². The summed E-state index contributed by atoms with van der Waals surface area (Å²) < 4.78 is 1.11. The monoisotopic (exact) mass is 352 g/mol. The number of carbonyl (C=O) groups is 1. The van der Waals surface area contributed by atoms with E-state index < -0.39 is 5.97 Å². The quantitative estimate of drug-likeness (QED) is 0.877. The summed E-state index contributed by atoms with van der Waals surface area (Å²) in [6.45, 7) is 2.81. The summed E-state index contributed by atoms with van der Waals surface area (Å²) in [6, 6.07) is 6.60. The second kappa shape index (κ2) is 6.36. The van der Waals surface area contributed by atoms with Gasteiger partial charge in [-0.15, -0.1) is 0 Å². The molecule has 2 N–H and O–H groups in total. The molecular formula is C16H21BrN2O2. The van der Waals surface area contributed by atoms with E-state index in [0.717, 1.165) is 17.6 Å². The van der Waals surface area contributed by atoms with E-state index in [0.29, 0.717) is 13.0 Å². The zero-order valence-corrected chi connectivity index (χ0v) is 13.6. The van der Waals surface area contributed by atoms with Crippen LogP contribution >= 0.6 is 15.9 Å². The molecule has 2 unspecified atom stereocenters. The van der Waals surface area contributed by atoms with Crippen molar-refractivity contribution < 1.29 is 9.90 Å². The van der Waals surface area contributed by atoms with Gasteiger partial charge >= 0.3 is 5.97 Å². The number of anilines is 1. The van der Waals surface area contributed by atoms with Crippen LogP contribution in [0.5, 0.6) is 0 Å². The van der Waals surface area contributed by atoms with Gasteiger partial charge in [-0.3, -0.25) is 4.79 Å². The fourth-order valence-corrected chi connectivity index (χ4v) is 3.96. The minimum atomic E-state index is -0.700. The smallest absolute Gasteiger partial charge is 0.307 e. The van der Waals surface area contributed by atoms with Gasteiger partial charge in [-0.1, -0.05) is 6.07 Å². The first-order valence-electron chi connectivity index (χ1n) is 7.66. The molecule has 0 bridgehead atoms. The Kier molecular flexibility index (Phi) is 4.50. The molecule has 1 aromatic carbocycles. The van der Waals surface area contributed by atoms with Gasteiger partial charge in [0.15, 0.2) is 0 Å². The molecule has 5 heteroatoms. The van der Waals surface area contributed by atoms with Crippen molar-refractivity contribution in [1.29, 1.82) is 0 Å².